The second-order valence-corrected chi connectivity index (χ2v) is 3.20. The normalized spacial score (nSPS) is 10.4. The highest BCUT2D eigenvalue weighted by molar-refractivity contribution is 7.80. The molecule has 0 atom stereocenters. The molecule has 0 heterocycles. The number of rotatable bonds is 8. The van der Waals surface area contributed by atoms with Gasteiger partial charge in [0.2, 0.25) is 0 Å². The molecule has 68 valence electrons. The minimum Gasteiger partial charge on any atom is -0.381 e. The van der Waals surface area contributed by atoms with Gasteiger partial charge >= 0.3 is 0 Å². The Balaban J connectivity index is 2.69. The van der Waals surface area contributed by atoms with Crippen molar-refractivity contribution in [3.63, 3.8) is 0 Å². The number of ether oxygens (including phenoxy) is 1. The third-order valence-electron chi connectivity index (χ3n) is 1.59. The molecule has 0 rings (SSSR count). The van der Waals surface area contributed by atoms with Crippen LogP contribution in [0.15, 0.2) is 0 Å². The largest absolute Gasteiger partial charge is 0.381 e. The molecule has 0 aliphatic rings. The molecule has 0 radical (unpaired) electrons. The van der Waals surface area contributed by atoms with Gasteiger partial charge in [0.1, 0.15) is 0 Å². The molecule has 0 amide bonds. The summed E-state index contributed by atoms with van der Waals surface area (Å²) in [5, 5.41) is 0. The quantitative estimate of drug-likeness (QED) is 0.442. The van der Waals surface area contributed by atoms with Crippen LogP contribution in [-0.4, -0.2) is 19.0 Å². The molecule has 0 aromatic rings. The minimum atomic E-state index is 0.921. The molecule has 0 spiro atoms. The topological polar surface area (TPSA) is 9.23 Å². The predicted octanol–water partition coefficient (Wildman–Crippen LogP) is 2.90. The van der Waals surface area contributed by atoms with Gasteiger partial charge in [0.05, 0.1) is 0 Å². The molecule has 0 aromatic carbocycles. The fraction of sp³-hybridized carbons (Fsp3) is 1.00. The third-order valence-corrected chi connectivity index (χ3v) is 1.91. The summed E-state index contributed by atoms with van der Waals surface area (Å²) in [5.41, 5.74) is 0. The fourth-order valence-corrected chi connectivity index (χ4v) is 1.10. The van der Waals surface area contributed by atoms with Gasteiger partial charge in [-0.2, -0.15) is 12.6 Å². The number of unbranched alkanes of at least 4 members (excludes halogenated alkanes) is 3. The van der Waals surface area contributed by atoms with E-state index in [1.54, 1.807) is 0 Å². The van der Waals surface area contributed by atoms with Crippen molar-refractivity contribution < 1.29 is 4.74 Å². The summed E-state index contributed by atoms with van der Waals surface area (Å²) in [6.45, 7) is 4.07. The molecular formula is C9H20OS. The first-order valence-corrected chi connectivity index (χ1v) is 5.23. The van der Waals surface area contributed by atoms with Gasteiger partial charge in [-0.25, -0.2) is 0 Å². The first-order valence-electron chi connectivity index (χ1n) is 4.60. The van der Waals surface area contributed by atoms with E-state index < -0.39 is 0 Å². The van der Waals surface area contributed by atoms with Crippen molar-refractivity contribution in [3.05, 3.63) is 0 Å². The predicted molar refractivity (Wildman–Crippen MR) is 53.4 cm³/mol. The highest BCUT2D eigenvalue weighted by Crippen LogP contribution is 1.96. The Kier molecular flexibility index (Phi) is 10.6. The van der Waals surface area contributed by atoms with Crippen molar-refractivity contribution >= 4 is 12.6 Å². The van der Waals surface area contributed by atoms with Gasteiger partial charge in [-0.15, -0.1) is 0 Å². The van der Waals surface area contributed by atoms with Crippen LogP contribution in [0, 0.1) is 0 Å². The Morgan fingerprint density at radius 2 is 1.64 bits per heavy atom. The Hall–Kier alpha value is 0.310. The summed E-state index contributed by atoms with van der Waals surface area (Å²) in [5.74, 6) is 0.984. The molecule has 0 saturated heterocycles. The summed E-state index contributed by atoms with van der Waals surface area (Å²) in [6, 6.07) is 0. The van der Waals surface area contributed by atoms with Gasteiger partial charge in [0.15, 0.2) is 0 Å². The Morgan fingerprint density at radius 3 is 2.18 bits per heavy atom. The molecule has 0 unspecified atom stereocenters. The van der Waals surface area contributed by atoms with Crippen LogP contribution in [0.3, 0.4) is 0 Å². The molecular weight excluding hydrogens is 156 g/mol. The van der Waals surface area contributed by atoms with Crippen LogP contribution in [-0.2, 0) is 4.74 Å². The van der Waals surface area contributed by atoms with Crippen LogP contribution < -0.4 is 0 Å². The Morgan fingerprint density at radius 1 is 1.00 bits per heavy atom. The number of thiol groups is 1. The molecule has 0 saturated carbocycles. The average molecular weight is 176 g/mol. The second kappa shape index (κ2) is 10.3. The molecule has 0 bridgehead atoms. The lowest BCUT2D eigenvalue weighted by molar-refractivity contribution is 0.127. The second-order valence-electron chi connectivity index (χ2n) is 2.75. The van der Waals surface area contributed by atoms with Crippen LogP contribution in [0.25, 0.3) is 0 Å². The summed E-state index contributed by atoms with van der Waals surface area (Å²) >= 11 is 4.12. The van der Waals surface area contributed by atoms with Crippen LogP contribution in [0.4, 0.5) is 0 Å². The first kappa shape index (κ1) is 11.3. The molecule has 2 heteroatoms. The van der Waals surface area contributed by atoms with Gasteiger partial charge in [-0.05, 0) is 25.0 Å². The van der Waals surface area contributed by atoms with Crippen molar-refractivity contribution in [1.82, 2.24) is 0 Å². The van der Waals surface area contributed by atoms with Gasteiger partial charge < -0.3 is 4.74 Å². The van der Waals surface area contributed by atoms with Crippen LogP contribution in [0.5, 0.6) is 0 Å². The SMILES string of the molecule is CCCCCOCCCCS. The highest BCUT2D eigenvalue weighted by atomic mass is 32.1. The average Bonchev–Trinajstić information content (AvgIpc) is 2.03. The maximum atomic E-state index is 5.40. The van der Waals surface area contributed by atoms with Crippen molar-refractivity contribution in [2.45, 2.75) is 39.0 Å². The fourth-order valence-electron chi connectivity index (χ4n) is 0.872. The van der Waals surface area contributed by atoms with Crippen molar-refractivity contribution in [1.29, 1.82) is 0 Å². The van der Waals surface area contributed by atoms with Crippen LogP contribution in [0.1, 0.15) is 39.0 Å². The lowest BCUT2D eigenvalue weighted by Gasteiger charge is -2.01. The zero-order valence-electron chi connectivity index (χ0n) is 7.51. The lowest BCUT2D eigenvalue weighted by Crippen LogP contribution is -1.96. The van der Waals surface area contributed by atoms with Crippen molar-refractivity contribution in [3.8, 4) is 0 Å². The van der Waals surface area contributed by atoms with E-state index in [0.717, 1.165) is 25.4 Å². The zero-order valence-corrected chi connectivity index (χ0v) is 8.41. The monoisotopic (exact) mass is 176 g/mol. The smallest absolute Gasteiger partial charge is 0.0466 e. The lowest BCUT2D eigenvalue weighted by atomic mass is 10.3. The standard InChI is InChI=1S/C9H20OS/c1-2-3-4-7-10-8-5-6-9-11/h11H,2-9H2,1H3. The summed E-state index contributed by atoms with van der Waals surface area (Å²) < 4.78 is 5.40. The molecule has 0 aliphatic carbocycles. The third kappa shape index (κ3) is 10.3. The molecule has 11 heavy (non-hydrogen) atoms. The van der Waals surface area contributed by atoms with E-state index in [4.69, 9.17) is 4.74 Å². The van der Waals surface area contributed by atoms with E-state index in [2.05, 4.69) is 19.6 Å². The van der Waals surface area contributed by atoms with Crippen molar-refractivity contribution in [2.75, 3.05) is 19.0 Å². The molecule has 0 fully saturated rings. The summed E-state index contributed by atoms with van der Waals surface area (Å²) in [7, 11) is 0. The Bertz CT molecular complexity index is 58.6. The molecule has 0 aromatic heterocycles. The summed E-state index contributed by atoms with van der Waals surface area (Å²) in [6.07, 6.45) is 6.14. The van der Waals surface area contributed by atoms with E-state index in [1.807, 2.05) is 0 Å². The molecule has 0 N–H and O–H groups in total. The van der Waals surface area contributed by atoms with E-state index >= 15 is 0 Å². The van der Waals surface area contributed by atoms with Crippen molar-refractivity contribution in [2.24, 2.45) is 0 Å². The minimum absolute atomic E-state index is 0.921. The molecule has 1 nitrogen and oxygen atoms in total. The Labute approximate surface area is 75.9 Å². The van der Waals surface area contributed by atoms with Gasteiger partial charge in [-0.3, -0.25) is 0 Å². The van der Waals surface area contributed by atoms with E-state index in [0.29, 0.717) is 0 Å². The van der Waals surface area contributed by atoms with Crippen LogP contribution >= 0.6 is 12.6 Å². The highest BCUT2D eigenvalue weighted by Gasteiger charge is 1.88. The number of hydrogen-bond acceptors (Lipinski definition) is 2. The maximum Gasteiger partial charge on any atom is 0.0466 e. The summed E-state index contributed by atoms with van der Waals surface area (Å²) in [4.78, 5) is 0. The maximum absolute atomic E-state index is 5.40. The van der Waals surface area contributed by atoms with Gasteiger partial charge in [0, 0.05) is 13.2 Å². The van der Waals surface area contributed by atoms with E-state index in [9.17, 15) is 0 Å². The van der Waals surface area contributed by atoms with E-state index in [1.165, 1.54) is 25.7 Å². The zero-order chi connectivity index (χ0) is 8.36. The van der Waals surface area contributed by atoms with Gasteiger partial charge in [0.25, 0.3) is 0 Å². The first-order chi connectivity index (χ1) is 5.41. The molecule has 0 aliphatic heterocycles. The van der Waals surface area contributed by atoms with E-state index in [-0.39, 0.29) is 0 Å². The van der Waals surface area contributed by atoms with Crippen LogP contribution in [0.2, 0.25) is 0 Å². The van der Waals surface area contributed by atoms with Gasteiger partial charge in [-0.1, -0.05) is 19.8 Å². The number of hydrogen-bond donors (Lipinski definition) is 1.